The molecule has 0 atom stereocenters. The number of anilines is 3. The van der Waals surface area contributed by atoms with Gasteiger partial charge in [-0.05, 0) is 86.8 Å². The van der Waals surface area contributed by atoms with Crippen molar-refractivity contribution in [2.24, 2.45) is 0 Å². The first-order valence-electron chi connectivity index (χ1n) is 18.4. The lowest BCUT2D eigenvalue weighted by Gasteiger charge is -2.26. The number of hydrogen-bond donors (Lipinski definition) is 0. The van der Waals surface area contributed by atoms with Gasteiger partial charge in [0.15, 0.2) is 0 Å². The molecular weight excluding hydrogens is 655 g/mol. The molecule has 54 heavy (non-hydrogen) atoms. The third-order valence-corrected chi connectivity index (χ3v) is 10.5. The summed E-state index contributed by atoms with van der Waals surface area (Å²) < 4.78 is 6.74. The quantitative estimate of drug-likeness (QED) is 0.166. The van der Waals surface area contributed by atoms with Gasteiger partial charge in [-0.2, -0.15) is 0 Å². The summed E-state index contributed by atoms with van der Waals surface area (Å²) in [7, 11) is 0. The van der Waals surface area contributed by atoms with Crippen LogP contribution in [0.2, 0.25) is 0 Å². The lowest BCUT2D eigenvalue weighted by Crippen LogP contribution is -2.09. The van der Waals surface area contributed by atoms with Crippen molar-refractivity contribution in [3.8, 4) is 44.5 Å². The Kier molecular flexibility index (Phi) is 7.85. The Morgan fingerprint density at radius 3 is 1.28 bits per heavy atom. The van der Waals surface area contributed by atoms with Gasteiger partial charge in [0.1, 0.15) is 11.2 Å². The second-order valence-electron chi connectivity index (χ2n) is 13.7. The number of furan rings is 1. The maximum atomic E-state index is 6.74. The first-order chi connectivity index (χ1) is 26.8. The van der Waals surface area contributed by atoms with Crippen LogP contribution >= 0.6 is 0 Å². The molecule has 0 aliphatic rings. The molecule has 254 valence electrons. The smallest absolute Gasteiger partial charge is 0.143 e. The van der Waals surface area contributed by atoms with E-state index in [9.17, 15) is 0 Å². The highest BCUT2D eigenvalue weighted by atomic mass is 16.3. The molecule has 0 aliphatic carbocycles. The fourth-order valence-corrected chi connectivity index (χ4v) is 7.81. The summed E-state index contributed by atoms with van der Waals surface area (Å²) in [4.78, 5) is 2.32. The molecule has 0 fully saturated rings. The van der Waals surface area contributed by atoms with Crippen molar-refractivity contribution in [3.63, 3.8) is 0 Å². The monoisotopic (exact) mass is 689 g/mol. The topological polar surface area (TPSA) is 16.4 Å². The number of nitrogens with zero attached hydrogens (tertiary/aromatic N) is 1. The molecular formula is C52H35NO. The number of fused-ring (bicyclic) bond motifs is 5. The molecule has 0 bridgehead atoms. The van der Waals surface area contributed by atoms with E-state index in [4.69, 9.17) is 4.42 Å². The predicted octanol–water partition coefficient (Wildman–Crippen LogP) is 14.9. The molecule has 0 aliphatic heterocycles. The van der Waals surface area contributed by atoms with E-state index >= 15 is 0 Å². The van der Waals surface area contributed by atoms with Crippen LogP contribution in [0.3, 0.4) is 0 Å². The summed E-state index contributed by atoms with van der Waals surface area (Å²) >= 11 is 0. The molecule has 0 amide bonds. The van der Waals surface area contributed by atoms with E-state index in [0.717, 1.165) is 61.1 Å². The zero-order valence-electron chi connectivity index (χ0n) is 29.6. The number of hydrogen-bond acceptors (Lipinski definition) is 2. The van der Waals surface area contributed by atoms with E-state index in [1.54, 1.807) is 0 Å². The van der Waals surface area contributed by atoms with E-state index in [1.165, 1.54) is 33.2 Å². The first-order valence-corrected chi connectivity index (χ1v) is 18.4. The standard InChI is InChI=1S/C52H35NO/c1-4-13-36(14-5-1)37-23-25-38(26-24-37)39-27-31-43(32-28-39)53(42-17-8-3-9-18-42)44-33-29-41(30-34-44)49-35-50-48-22-12-21-45(40-15-6-2-7-16-40)51(48)54-52(50)47-20-11-10-19-46(47)49/h1-35H. The molecule has 10 aromatic rings. The predicted molar refractivity (Wildman–Crippen MR) is 228 cm³/mol. The highest BCUT2D eigenvalue weighted by molar-refractivity contribution is 6.20. The normalized spacial score (nSPS) is 11.3. The minimum Gasteiger partial charge on any atom is -0.455 e. The van der Waals surface area contributed by atoms with E-state index < -0.39 is 0 Å². The summed E-state index contributed by atoms with van der Waals surface area (Å²) in [5.74, 6) is 0. The Bertz CT molecular complexity index is 2880. The Labute approximate surface area is 314 Å². The largest absolute Gasteiger partial charge is 0.455 e. The van der Waals surface area contributed by atoms with Gasteiger partial charge in [-0.1, -0.05) is 170 Å². The molecule has 0 saturated heterocycles. The van der Waals surface area contributed by atoms with Gasteiger partial charge in [-0.15, -0.1) is 0 Å². The Morgan fingerprint density at radius 2 is 0.667 bits per heavy atom. The highest BCUT2D eigenvalue weighted by Crippen LogP contribution is 2.43. The molecule has 1 aromatic heterocycles. The minimum absolute atomic E-state index is 0.921. The number of para-hydroxylation sites is 2. The second kappa shape index (κ2) is 13.4. The Balaban J connectivity index is 1.03. The summed E-state index contributed by atoms with van der Waals surface area (Å²) in [6.45, 7) is 0. The van der Waals surface area contributed by atoms with Crippen molar-refractivity contribution in [2.45, 2.75) is 0 Å². The molecule has 9 aromatic carbocycles. The first kappa shape index (κ1) is 31.6. The fraction of sp³-hybridized carbons (Fsp3) is 0. The van der Waals surface area contributed by atoms with Gasteiger partial charge in [-0.3, -0.25) is 0 Å². The number of benzene rings is 9. The zero-order chi connectivity index (χ0) is 35.8. The molecule has 10 rings (SSSR count). The molecule has 0 saturated carbocycles. The van der Waals surface area contributed by atoms with Crippen LogP contribution in [0, 0.1) is 0 Å². The average Bonchev–Trinajstić information content (AvgIpc) is 3.64. The van der Waals surface area contributed by atoms with Crippen molar-refractivity contribution in [1.82, 2.24) is 0 Å². The van der Waals surface area contributed by atoms with E-state index in [1.807, 2.05) is 0 Å². The summed E-state index contributed by atoms with van der Waals surface area (Å²) in [6, 6.07) is 75.6. The van der Waals surface area contributed by atoms with Crippen LogP contribution in [0.1, 0.15) is 0 Å². The van der Waals surface area contributed by atoms with Gasteiger partial charge in [-0.25, -0.2) is 0 Å². The summed E-state index contributed by atoms with van der Waals surface area (Å²) in [5.41, 5.74) is 14.6. The van der Waals surface area contributed by atoms with Crippen molar-refractivity contribution in [2.75, 3.05) is 4.90 Å². The van der Waals surface area contributed by atoms with Crippen LogP contribution < -0.4 is 4.90 Å². The van der Waals surface area contributed by atoms with Gasteiger partial charge >= 0.3 is 0 Å². The van der Waals surface area contributed by atoms with Crippen LogP contribution in [0.4, 0.5) is 17.1 Å². The fourth-order valence-electron chi connectivity index (χ4n) is 7.81. The van der Waals surface area contributed by atoms with Crippen molar-refractivity contribution in [1.29, 1.82) is 0 Å². The SMILES string of the molecule is c1ccc(-c2ccc(-c3ccc(N(c4ccccc4)c4ccc(-c5cc6c7cccc(-c8ccccc8)c7oc6c6ccccc56)cc4)cc3)cc2)cc1. The molecule has 2 heteroatoms. The minimum atomic E-state index is 0.921. The summed E-state index contributed by atoms with van der Waals surface area (Å²) in [5, 5.41) is 4.54. The van der Waals surface area contributed by atoms with Crippen LogP contribution in [-0.4, -0.2) is 0 Å². The Hall–Kier alpha value is -7.16. The third-order valence-electron chi connectivity index (χ3n) is 10.5. The van der Waals surface area contributed by atoms with Crippen LogP contribution in [0.25, 0.3) is 77.2 Å². The molecule has 0 unspecified atom stereocenters. The van der Waals surface area contributed by atoms with Crippen molar-refractivity contribution >= 4 is 49.8 Å². The molecule has 1 heterocycles. The van der Waals surface area contributed by atoms with E-state index in [0.29, 0.717) is 0 Å². The van der Waals surface area contributed by atoms with Crippen LogP contribution in [-0.2, 0) is 0 Å². The van der Waals surface area contributed by atoms with Gasteiger partial charge in [0.05, 0.1) is 0 Å². The van der Waals surface area contributed by atoms with Gasteiger partial charge in [0.2, 0.25) is 0 Å². The zero-order valence-corrected chi connectivity index (χ0v) is 29.6. The van der Waals surface area contributed by atoms with E-state index in [2.05, 4.69) is 217 Å². The lowest BCUT2D eigenvalue weighted by atomic mass is 9.94. The molecule has 0 radical (unpaired) electrons. The molecule has 2 nitrogen and oxygen atoms in total. The van der Waals surface area contributed by atoms with E-state index in [-0.39, 0.29) is 0 Å². The Morgan fingerprint density at radius 1 is 0.259 bits per heavy atom. The van der Waals surface area contributed by atoms with Crippen molar-refractivity contribution < 1.29 is 4.42 Å². The van der Waals surface area contributed by atoms with Gasteiger partial charge in [0, 0.05) is 38.8 Å². The van der Waals surface area contributed by atoms with Gasteiger partial charge in [0.25, 0.3) is 0 Å². The van der Waals surface area contributed by atoms with Crippen LogP contribution in [0.15, 0.2) is 217 Å². The molecule has 0 spiro atoms. The van der Waals surface area contributed by atoms with Crippen molar-refractivity contribution in [3.05, 3.63) is 212 Å². The molecule has 0 N–H and O–H groups in total. The summed E-state index contributed by atoms with van der Waals surface area (Å²) in [6.07, 6.45) is 0. The number of rotatable bonds is 7. The highest BCUT2D eigenvalue weighted by Gasteiger charge is 2.18. The second-order valence-corrected chi connectivity index (χ2v) is 13.7. The average molecular weight is 690 g/mol. The third kappa shape index (κ3) is 5.62. The maximum absolute atomic E-state index is 6.74. The maximum Gasteiger partial charge on any atom is 0.143 e. The van der Waals surface area contributed by atoms with Gasteiger partial charge < -0.3 is 9.32 Å². The lowest BCUT2D eigenvalue weighted by molar-refractivity contribution is 0.674. The van der Waals surface area contributed by atoms with Crippen LogP contribution in [0.5, 0.6) is 0 Å².